The number of pyridine rings is 1. The van der Waals surface area contributed by atoms with Crippen molar-refractivity contribution in [3.05, 3.63) is 102 Å². The highest BCUT2D eigenvalue weighted by molar-refractivity contribution is 7.98. The van der Waals surface area contributed by atoms with Crippen LogP contribution in [0.3, 0.4) is 0 Å². The monoisotopic (exact) mass is 458 g/mol. The third-order valence-corrected chi connectivity index (χ3v) is 6.38. The van der Waals surface area contributed by atoms with Gasteiger partial charge in [-0.2, -0.15) is 0 Å². The average molecular weight is 459 g/mol. The Morgan fingerprint density at radius 1 is 1.00 bits per heavy atom. The Labute approximate surface area is 197 Å². The van der Waals surface area contributed by atoms with Crippen molar-refractivity contribution in [2.24, 2.45) is 0 Å². The topological polar surface area (TPSA) is 66.7 Å². The lowest BCUT2D eigenvalue weighted by atomic mass is 10.2. The van der Waals surface area contributed by atoms with E-state index in [4.69, 9.17) is 0 Å². The fourth-order valence-electron chi connectivity index (χ4n) is 3.53. The molecule has 2 heterocycles. The minimum absolute atomic E-state index is 0.0368. The second-order valence-electron chi connectivity index (χ2n) is 7.56. The molecule has 4 rings (SSSR count). The van der Waals surface area contributed by atoms with Gasteiger partial charge >= 0.3 is 0 Å². The van der Waals surface area contributed by atoms with Gasteiger partial charge in [-0.05, 0) is 36.8 Å². The first-order valence-electron chi connectivity index (χ1n) is 10.9. The largest absolute Gasteiger partial charge is 0.343 e. The number of rotatable bonds is 9. The summed E-state index contributed by atoms with van der Waals surface area (Å²) < 4.78 is 1.98. The molecule has 0 saturated heterocycles. The molecule has 4 aromatic rings. The van der Waals surface area contributed by atoms with Crippen molar-refractivity contribution in [1.82, 2.24) is 19.6 Å². The lowest BCUT2D eigenvalue weighted by molar-refractivity contribution is -0.130. The number of nitrogens with zero attached hydrogens (tertiary/aromatic N) is 3. The summed E-state index contributed by atoms with van der Waals surface area (Å²) in [7, 11) is 0. The minimum Gasteiger partial charge on any atom is -0.343 e. The maximum Gasteiger partial charge on any atom is 0.252 e. The van der Waals surface area contributed by atoms with Crippen LogP contribution in [0.4, 0.5) is 0 Å². The van der Waals surface area contributed by atoms with E-state index in [1.165, 1.54) is 0 Å². The van der Waals surface area contributed by atoms with Gasteiger partial charge in [0.25, 0.3) is 5.91 Å². The molecule has 0 fully saturated rings. The van der Waals surface area contributed by atoms with E-state index in [1.54, 1.807) is 22.7 Å². The molecule has 168 valence electrons. The van der Waals surface area contributed by atoms with E-state index >= 15 is 0 Å². The molecule has 0 radical (unpaired) electrons. The van der Waals surface area contributed by atoms with Crippen molar-refractivity contribution in [2.75, 3.05) is 13.1 Å². The van der Waals surface area contributed by atoms with Gasteiger partial charge in [0.2, 0.25) is 5.91 Å². The highest BCUT2D eigenvalue weighted by Gasteiger charge is 2.16. The molecule has 1 N–H and O–H groups in total. The molecule has 0 bridgehead atoms. The lowest BCUT2D eigenvalue weighted by Crippen LogP contribution is -2.39. The first-order chi connectivity index (χ1) is 16.1. The Morgan fingerprint density at radius 2 is 1.76 bits per heavy atom. The van der Waals surface area contributed by atoms with E-state index in [1.807, 2.05) is 90.4 Å². The van der Waals surface area contributed by atoms with Crippen LogP contribution < -0.4 is 5.32 Å². The summed E-state index contributed by atoms with van der Waals surface area (Å²) in [5, 5.41) is 2.80. The smallest absolute Gasteiger partial charge is 0.252 e. The van der Waals surface area contributed by atoms with E-state index < -0.39 is 0 Å². The molecular weight excluding hydrogens is 432 g/mol. The number of imidazole rings is 1. The molecule has 0 aliphatic heterocycles. The lowest BCUT2D eigenvalue weighted by Gasteiger charge is -2.21. The van der Waals surface area contributed by atoms with Crippen molar-refractivity contribution in [1.29, 1.82) is 0 Å². The number of carbonyl (C=O) groups excluding carboxylic acids is 2. The zero-order chi connectivity index (χ0) is 23.0. The molecule has 0 atom stereocenters. The molecular formula is C26H26N4O2S. The zero-order valence-electron chi connectivity index (χ0n) is 18.5. The van der Waals surface area contributed by atoms with Gasteiger partial charge in [0, 0.05) is 36.1 Å². The molecule has 0 spiro atoms. The number of benzene rings is 2. The number of amides is 2. The van der Waals surface area contributed by atoms with Gasteiger partial charge in [-0.25, -0.2) is 4.98 Å². The third-order valence-electron chi connectivity index (χ3n) is 5.27. The van der Waals surface area contributed by atoms with Gasteiger partial charge in [0.1, 0.15) is 5.65 Å². The second kappa shape index (κ2) is 10.8. The van der Waals surface area contributed by atoms with Crippen LogP contribution in [0.5, 0.6) is 0 Å². The number of likely N-dealkylation sites (N-methyl/N-ethyl adjacent to an activating group) is 1. The molecule has 7 heteroatoms. The Kier molecular flexibility index (Phi) is 7.42. The fraction of sp³-hybridized carbons (Fsp3) is 0.192. The summed E-state index contributed by atoms with van der Waals surface area (Å²) in [4.78, 5) is 32.8. The maximum absolute atomic E-state index is 12.9. The number of carbonyl (C=O) groups is 2. The van der Waals surface area contributed by atoms with Crippen LogP contribution in [0.15, 0.2) is 90.1 Å². The summed E-state index contributed by atoms with van der Waals surface area (Å²) in [6.45, 7) is 3.01. The summed E-state index contributed by atoms with van der Waals surface area (Å²) in [6.07, 6.45) is 3.96. The van der Waals surface area contributed by atoms with E-state index in [0.717, 1.165) is 21.8 Å². The summed E-state index contributed by atoms with van der Waals surface area (Å²) in [6, 6.07) is 23.2. The van der Waals surface area contributed by atoms with Crippen LogP contribution in [-0.2, 0) is 17.1 Å². The quantitative estimate of drug-likeness (QED) is 0.378. The SMILES string of the molecule is CCN(Cc1ccccc1)C(=O)CNC(=O)c1ccccc1SCc1cn2ccccc2n1. The normalized spacial score (nSPS) is 10.8. The van der Waals surface area contributed by atoms with Crippen molar-refractivity contribution < 1.29 is 9.59 Å². The van der Waals surface area contributed by atoms with Gasteiger partial charge in [0.15, 0.2) is 0 Å². The number of fused-ring (bicyclic) bond motifs is 1. The Balaban J connectivity index is 1.36. The molecule has 0 saturated carbocycles. The zero-order valence-corrected chi connectivity index (χ0v) is 19.3. The van der Waals surface area contributed by atoms with Crippen molar-refractivity contribution in [2.45, 2.75) is 24.1 Å². The van der Waals surface area contributed by atoms with E-state index in [0.29, 0.717) is 24.4 Å². The molecule has 2 aromatic heterocycles. The van der Waals surface area contributed by atoms with Crippen LogP contribution in [0.2, 0.25) is 0 Å². The van der Waals surface area contributed by atoms with Gasteiger partial charge in [-0.1, -0.05) is 48.5 Å². The van der Waals surface area contributed by atoms with E-state index in [-0.39, 0.29) is 18.4 Å². The Morgan fingerprint density at radius 3 is 2.55 bits per heavy atom. The predicted octanol–water partition coefficient (Wildman–Crippen LogP) is 4.41. The molecule has 0 unspecified atom stereocenters. The van der Waals surface area contributed by atoms with Crippen molar-refractivity contribution in [3.63, 3.8) is 0 Å². The van der Waals surface area contributed by atoms with Crippen molar-refractivity contribution in [3.8, 4) is 0 Å². The van der Waals surface area contributed by atoms with E-state index in [9.17, 15) is 9.59 Å². The maximum atomic E-state index is 12.9. The molecule has 33 heavy (non-hydrogen) atoms. The van der Waals surface area contributed by atoms with Crippen molar-refractivity contribution >= 4 is 29.2 Å². The Bertz CT molecular complexity index is 1210. The number of thioether (sulfide) groups is 1. The van der Waals surface area contributed by atoms with Crippen LogP contribution in [-0.4, -0.2) is 39.2 Å². The standard InChI is InChI=1S/C26H26N4O2S/c1-2-29(17-20-10-4-3-5-11-20)25(31)16-27-26(32)22-12-6-7-13-23(22)33-19-21-18-30-15-9-8-14-24(30)28-21/h3-15,18H,2,16-17,19H2,1H3,(H,27,32). The molecule has 2 aromatic carbocycles. The second-order valence-corrected chi connectivity index (χ2v) is 8.58. The Hall–Kier alpha value is -3.58. The highest BCUT2D eigenvalue weighted by Crippen LogP contribution is 2.26. The summed E-state index contributed by atoms with van der Waals surface area (Å²) >= 11 is 1.56. The van der Waals surface area contributed by atoms with Gasteiger partial charge < -0.3 is 14.6 Å². The number of aromatic nitrogens is 2. The molecule has 0 aliphatic carbocycles. The van der Waals surface area contributed by atoms with E-state index in [2.05, 4.69) is 10.3 Å². The van der Waals surface area contributed by atoms with Crippen LogP contribution >= 0.6 is 11.8 Å². The minimum atomic E-state index is -0.253. The highest BCUT2D eigenvalue weighted by atomic mass is 32.2. The van der Waals surface area contributed by atoms with Crippen LogP contribution in [0.1, 0.15) is 28.5 Å². The van der Waals surface area contributed by atoms with Gasteiger partial charge in [-0.15, -0.1) is 11.8 Å². The van der Waals surface area contributed by atoms with Crippen LogP contribution in [0.25, 0.3) is 5.65 Å². The fourth-order valence-corrected chi connectivity index (χ4v) is 4.47. The number of hydrogen-bond donors (Lipinski definition) is 1. The molecule has 6 nitrogen and oxygen atoms in total. The first-order valence-corrected chi connectivity index (χ1v) is 11.9. The first kappa shape index (κ1) is 22.6. The van der Waals surface area contributed by atoms with Gasteiger partial charge in [0.05, 0.1) is 17.8 Å². The predicted molar refractivity (Wildman–Crippen MR) is 131 cm³/mol. The van der Waals surface area contributed by atoms with Gasteiger partial charge in [-0.3, -0.25) is 9.59 Å². The average Bonchev–Trinajstić information content (AvgIpc) is 3.28. The number of hydrogen-bond acceptors (Lipinski definition) is 4. The third kappa shape index (κ3) is 5.81. The molecule has 2 amide bonds. The summed E-state index contributed by atoms with van der Waals surface area (Å²) in [5.74, 6) is 0.285. The number of nitrogens with one attached hydrogen (secondary N) is 1. The van der Waals surface area contributed by atoms with Crippen LogP contribution in [0, 0.1) is 0 Å². The molecule has 0 aliphatic rings. The summed E-state index contributed by atoms with van der Waals surface area (Å²) in [5.41, 5.74) is 3.46.